The number of sulfonamides is 1. The van der Waals surface area contributed by atoms with Gasteiger partial charge in [-0.25, -0.2) is 8.42 Å². The summed E-state index contributed by atoms with van der Waals surface area (Å²) in [6.07, 6.45) is -12.1. The minimum atomic E-state index is -6.07. The van der Waals surface area contributed by atoms with Crippen LogP contribution in [0.25, 0.3) is 0 Å². The number of aliphatic hydroxyl groups is 1. The maximum Gasteiger partial charge on any atom is 0.430 e. The van der Waals surface area contributed by atoms with Crippen LogP contribution in [-0.4, -0.2) is 39.1 Å². The fraction of sp³-hybridized carbons (Fsp3) is 0.333. The zero-order valence-corrected chi connectivity index (χ0v) is 21.5. The fourth-order valence-corrected chi connectivity index (χ4v) is 6.99. The van der Waals surface area contributed by atoms with E-state index >= 15 is 0 Å². The van der Waals surface area contributed by atoms with E-state index < -0.39 is 33.5 Å². The van der Waals surface area contributed by atoms with Crippen molar-refractivity contribution in [1.29, 1.82) is 0 Å². The van der Waals surface area contributed by atoms with Crippen molar-refractivity contribution < 1.29 is 49.3 Å². The van der Waals surface area contributed by atoms with Crippen molar-refractivity contribution in [3.05, 3.63) is 69.4 Å². The maximum absolute atomic E-state index is 13.7. The van der Waals surface area contributed by atoms with Crippen LogP contribution < -0.4 is 13.8 Å². The SMILES string of the molecule is Cc1cc(S(=O)(=O)N(Cc2ccc3c(c2)OCCO3)c2ccc(C(O)(C(F)(F)F)C(F)(F)F)cc2)c(C)s1. The van der Waals surface area contributed by atoms with Gasteiger partial charge in [-0.05, 0) is 49.7 Å². The Kier molecular flexibility index (Phi) is 7.12. The number of halogens is 6. The van der Waals surface area contributed by atoms with E-state index in [2.05, 4.69) is 0 Å². The van der Waals surface area contributed by atoms with Gasteiger partial charge in [0.2, 0.25) is 0 Å². The lowest BCUT2D eigenvalue weighted by molar-refractivity contribution is -0.376. The van der Waals surface area contributed by atoms with Crippen molar-refractivity contribution in [2.45, 2.75) is 43.2 Å². The molecular formula is C24H21F6NO5S2. The number of nitrogens with zero attached hydrogens (tertiary/aromatic N) is 1. The molecule has 0 radical (unpaired) electrons. The van der Waals surface area contributed by atoms with Crippen LogP contribution in [0.2, 0.25) is 0 Å². The van der Waals surface area contributed by atoms with E-state index in [9.17, 15) is 39.9 Å². The van der Waals surface area contributed by atoms with Gasteiger partial charge in [0.15, 0.2) is 11.5 Å². The summed E-state index contributed by atoms with van der Waals surface area (Å²) in [4.78, 5) is 1.09. The number of hydrogen-bond donors (Lipinski definition) is 1. The van der Waals surface area contributed by atoms with Crippen molar-refractivity contribution in [3.63, 3.8) is 0 Å². The van der Waals surface area contributed by atoms with Crippen molar-refractivity contribution >= 4 is 27.0 Å². The van der Waals surface area contributed by atoms with E-state index in [-0.39, 0.29) is 23.7 Å². The first-order chi connectivity index (χ1) is 17.6. The van der Waals surface area contributed by atoms with Gasteiger partial charge in [-0.15, -0.1) is 11.3 Å². The Labute approximate surface area is 218 Å². The summed E-state index contributed by atoms with van der Waals surface area (Å²) in [6, 6.07) is 8.54. The number of alkyl halides is 6. The highest BCUT2D eigenvalue weighted by Crippen LogP contribution is 2.50. The smallest absolute Gasteiger partial charge is 0.430 e. The zero-order chi connectivity index (χ0) is 28.1. The summed E-state index contributed by atoms with van der Waals surface area (Å²) in [5.74, 6) is 0.811. The normalized spacial score (nSPS) is 14.4. The largest absolute Gasteiger partial charge is 0.486 e. The molecule has 206 valence electrons. The molecule has 4 rings (SSSR count). The Morgan fingerprint density at radius 2 is 1.47 bits per heavy atom. The van der Waals surface area contributed by atoms with Crippen LogP contribution in [0.5, 0.6) is 11.5 Å². The van der Waals surface area contributed by atoms with Gasteiger partial charge in [-0.2, -0.15) is 26.3 Å². The molecule has 1 N–H and O–H groups in total. The van der Waals surface area contributed by atoms with Crippen LogP contribution in [0, 0.1) is 13.8 Å². The summed E-state index contributed by atoms with van der Waals surface area (Å²) in [5, 5.41) is 9.70. The second-order valence-electron chi connectivity index (χ2n) is 8.52. The predicted octanol–water partition coefficient (Wildman–Crippen LogP) is 5.84. The minimum Gasteiger partial charge on any atom is -0.486 e. The molecule has 0 saturated heterocycles. The average Bonchev–Trinajstić information content (AvgIpc) is 3.19. The molecule has 2 heterocycles. The highest BCUT2D eigenvalue weighted by atomic mass is 32.2. The Balaban J connectivity index is 1.81. The van der Waals surface area contributed by atoms with Gasteiger partial charge in [0.05, 0.1) is 12.2 Å². The number of ether oxygens (including phenoxy) is 2. The van der Waals surface area contributed by atoms with Crippen LogP contribution in [-0.2, 0) is 22.2 Å². The Morgan fingerprint density at radius 3 is 2.00 bits per heavy atom. The number of hydrogen-bond acceptors (Lipinski definition) is 6. The summed E-state index contributed by atoms with van der Waals surface area (Å²) in [5.41, 5.74) is -6.42. The number of thiophene rings is 1. The molecule has 1 aromatic heterocycles. The summed E-state index contributed by atoms with van der Waals surface area (Å²) in [7, 11) is -4.32. The predicted molar refractivity (Wildman–Crippen MR) is 127 cm³/mol. The number of benzene rings is 2. The molecule has 0 bridgehead atoms. The van der Waals surface area contributed by atoms with Gasteiger partial charge >= 0.3 is 12.4 Å². The molecule has 0 spiro atoms. The number of anilines is 1. The van der Waals surface area contributed by atoms with E-state index in [0.717, 1.165) is 16.4 Å². The molecule has 3 aromatic rings. The van der Waals surface area contributed by atoms with E-state index in [1.807, 2.05) is 0 Å². The molecule has 0 saturated carbocycles. The topological polar surface area (TPSA) is 76.1 Å². The quantitative estimate of drug-likeness (QED) is 0.370. The minimum absolute atomic E-state index is 0.0521. The van der Waals surface area contributed by atoms with E-state index in [4.69, 9.17) is 9.47 Å². The van der Waals surface area contributed by atoms with Crippen molar-refractivity contribution in [3.8, 4) is 11.5 Å². The second-order valence-corrected chi connectivity index (χ2v) is 11.8. The number of fused-ring (bicyclic) bond motifs is 1. The lowest BCUT2D eigenvalue weighted by Crippen LogP contribution is -2.53. The third-order valence-corrected chi connectivity index (χ3v) is 8.88. The molecule has 1 aliphatic rings. The molecule has 0 aliphatic carbocycles. The molecule has 0 atom stereocenters. The van der Waals surface area contributed by atoms with Crippen LogP contribution in [0.4, 0.5) is 32.0 Å². The van der Waals surface area contributed by atoms with Crippen molar-refractivity contribution in [1.82, 2.24) is 0 Å². The van der Waals surface area contributed by atoms with E-state index in [1.54, 1.807) is 32.0 Å². The van der Waals surface area contributed by atoms with Gasteiger partial charge < -0.3 is 14.6 Å². The highest BCUT2D eigenvalue weighted by Gasteiger charge is 2.71. The third-order valence-electron chi connectivity index (χ3n) is 5.89. The van der Waals surface area contributed by atoms with Crippen LogP contribution in [0.1, 0.15) is 20.9 Å². The van der Waals surface area contributed by atoms with Crippen molar-refractivity contribution in [2.75, 3.05) is 17.5 Å². The van der Waals surface area contributed by atoms with Crippen LogP contribution in [0.15, 0.2) is 53.4 Å². The first-order valence-electron chi connectivity index (χ1n) is 11.0. The molecule has 0 amide bonds. The Hall–Kier alpha value is -2.97. The summed E-state index contributed by atoms with van der Waals surface area (Å²) >= 11 is 1.22. The molecule has 2 aromatic carbocycles. The molecule has 0 unspecified atom stereocenters. The van der Waals surface area contributed by atoms with E-state index in [1.165, 1.54) is 17.4 Å². The van der Waals surface area contributed by atoms with Gasteiger partial charge in [-0.3, -0.25) is 4.31 Å². The van der Waals surface area contributed by atoms with Gasteiger partial charge in [-0.1, -0.05) is 18.2 Å². The Bertz CT molecular complexity index is 1420. The lowest BCUT2D eigenvalue weighted by atomic mass is 9.92. The first kappa shape index (κ1) is 28.0. The number of aryl methyl sites for hydroxylation is 2. The summed E-state index contributed by atoms with van der Waals surface area (Å²) in [6.45, 7) is 3.57. The molecule has 1 aliphatic heterocycles. The molecule has 14 heteroatoms. The van der Waals surface area contributed by atoms with Crippen LogP contribution >= 0.6 is 11.3 Å². The molecule has 38 heavy (non-hydrogen) atoms. The fourth-order valence-electron chi connectivity index (χ4n) is 4.01. The average molecular weight is 582 g/mol. The number of rotatable bonds is 6. The third kappa shape index (κ3) is 4.92. The monoisotopic (exact) mass is 581 g/mol. The zero-order valence-electron chi connectivity index (χ0n) is 19.9. The van der Waals surface area contributed by atoms with Gasteiger partial charge in [0, 0.05) is 15.3 Å². The summed E-state index contributed by atoms with van der Waals surface area (Å²) < 4.78 is 119. The second kappa shape index (κ2) is 9.65. The van der Waals surface area contributed by atoms with E-state index in [0.29, 0.717) is 45.6 Å². The van der Waals surface area contributed by atoms with Crippen LogP contribution in [0.3, 0.4) is 0 Å². The van der Waals surface area contributed by atoms with Gasteiger partial charge in [0.1, 0.15) is 18.1 Å². The first-order valence-corrected chi connectivity index (χ1v) is 13.3. The molecule has 0 fully saturated rings. The van der Waals surface area contributed by atoms with Crippen molar-refractivity contribution in [2.24, 2.45) is 0 Å². The highest BCUT2D eigenvalue weighted by molar-refractivity contribution is 7.93. The molecular weight excluding hydrogens is 560 g/mol. The Morgan fingerprint density at radius 1 is 0.895 bits per heavy atom. The lowest BCUT2D eigenvalue weighted by Gasteiger charge is -2.33. The molecule has 6 nitrogen and oxygen atoms in total. The van der Waals surface area contributed by atoms with Gasteiger partial charge in [0.25, 0.3) is 15.6 Å². The maximum atomic E-state index is 13.7. The standard InChI is InChI=1S/C24H21F6NO5S2/c1-14-11-21(15(2)37-14)38(33,34)31(13-16-3-8-19-20(12-16)36-10-9-35-19)18-6-4-17(5-7-18)22(32,23(25,26)27)24(28,29)30/h3-8,11-12,32H,9-10,13H2,1-2H3.